The molecular formula is C22H32N5O+. The number of piperidine rings is 3. The van der Waals surface area contributed by atoms with Gasteiger partial charge in [0.2, 0.25) is 5.91 Å². The second-order valence-electron chi connectivity index (χ2n) is 9.48. The lowest BCUT2D eigenvalue weighted by Crippen LogP contribution is -3.20. The zero-order valence-electron chi connectivity index (χ0n) is 17.2. The van der Waals surface area contributed by atoms with Crippen LogP contribution < -0.4 is 10.2 Å². The number of fused-ring (bicyclic) bond motifs is 3. The molecule has 4 atom stereocenters. The van der Waals surface area contributed by atoms with Gasteiger partial charge in [0.05, 0.1) is 31.2 Å². The predicted octanol–water partition coefficient (Wildman–Crippen LogP) is 1.19. The van der Waals surface area contributed by atoms with E-state index in [-0.39, 0.29) is 17.2 Å². The van der Waals surface area contributed by atoms with Gasteiger partial charge >= 0.3 is 0 Å². The zero-order valence-corrected chi connectivity index (χ0v) is 17.2. The Morgan fingerprint density at radius 2 is 2.07 bits per heavy atom. The monoisotopic (exact) mass is 382 g/mol. The fraction of sp³-hybridized carbons (Fsp3) is 0.591. The number of hydrogen-bond acceptors (Lipinski definition) is 3. The highest BCUT2D eigenvalue weighted by atomic mass is 16.1. The molecule has 6 nitrogen and oxygen atoms in total. The first kappa shape index (κ1) is 19.1. The van der Waals surface area contributed by atoms with Crippen LogP contribution in [0.15, 0.2) is 36.5 Å². The first-order valence-corrected chi connectivity index (χ1v) is 10.5. The van der Waals surface area contributed by atoms with Crippen molar-refractivity contribution >= 4 is 5.91 Å². The van der Waals surface area contributed by atoms with E-state index in [1.165, 1.54) is 6.54 Å². The summed E-state index contributed by atoms with van der Waals surface area (Å²) in [6, 6.07) is 10.7. The van der Waals surface area contributed by atoms with Gasteiger partial charge in [-0.15, -0.1) is 5.10 Å². The fourth-order valence-corrected chi connectivity index (χ4v) is 4.69. The van der Waals surface area contributed by atoms with E-state index >= 15 is 0 Å². The molecule has 0 radical (unpaired) electrons. The number of quaternary nitrogens is 1. The van der Waals surface area contributed by atoms with Crippen LogP contribution in [0.25, 0.3) is 0 Å². The van der Waals surface area contributed by atoms with Gasteiger partial charge in [0, 0.05) is 31.0 Å². The predicted molar refractivity (Wildman–Crippen MR) is 108 cm³/mol. The van der Waals surface area contributed by atoms with Gasteiger partial charge in [0.25, 0.3) is 0 Å². The number of amides is 1. The highest BCUT2D eigenvalue weighted by molar-refractivity contribution is 5.79. The molecule has 3 fully saturated rings. The maximum Gasteiger partial charge on any atom is 0.229 e. The van der Waals surface area contributed by atoms with Gasteiger partial charge < -0.3 is 10.2 Å². The van der Waals surface area contributed by atoms with Gasteiger partial charge in [-0.1, -0.05) is 56.3 Å². The van der Waals surface area contributed by atoms with Crippen molar-refractivity contribution in [3.05, 3.63) is 47.8 Å². The van der Waals surface area contributed by atoms with E-state index in [9.17, 15) is 4.79 Å². The number of rotatable bonds is 5. The van der Waals surface area contributed by atoms with Gasteiger partial charge in [-0.05, 0) is 11.5 Å². The molecule has 1 aromatic carbocycles. The van der Waals surface area contributed by atoms with E-state index in [0.717, 1.165) is 37.2 Å². The second-order valence-corrected chi connectivity index (χ2v) is 9.48. The summed E-state index contributed by atoms with van der Waals surface area (Å²) in [4.78, 5) is 14.3. The van der Waals surface area contributed by atoms with Crippen LogP contribution in [0.3, 0.4) is 0 Å². The summed E-state index contributed by atoms with van der Waals surface area (Å²) in [6.07, 6.45) is 4.34. The molecule has 5 rings (SSSR count). The van der Waals surface area contributed by atoms with Crippen molar-refractivity contribution in [2.75, 3.05) is 13.1 Å². The van der Waals surface area contributed by atoms with E-state index in [0.29, 0.717) is 18.5 Å². The summed E-state index contributed by atoms with van der Waals surface area (Å²) in [5.41, 5.74) is 2.22. The Kier molecular flexibility index (Phi) is 5.23. The number of benzene rings is 1. The van der Waals surface area contributed by atoms with Crippen LogP contribution in [0, 0.1) is 11.8 Å². The third-order valence-corrected chi connectivity index (χ3v) is 6.41. The third-order valence-electron chi connectivity index (χ3n) is 6.41. The molecule has 2 aromatic rings. The van der Waals surface area contributed by atoms with Crippen LogP contribution >= 0.6 is 0 Å². The van der Waals surface area contributed by atoms with E-state index in [1.54, 1.807) is 4.90 Å². The molecule has 6 heteroatoms. The Morgan fingerprint density at radius 3 is 2.71 bits per heavy atom. The molecule has 0 aliphatic carbocycles. The fourth-order valence-electron chi connectivity index (χ4n) is 4.69. The normalized spacial score (nSPS) is 27.0. The highest BCUT2D eigenvalue weighted by Gasteiger charge is 2.46. The summed E-state index contributed by atoms with van der Waals surface area (Å²) in [6.45, 7) is 10.1. The first-order valence-electron chi connectivity index (χ1n) is 10.5. The average Bonchev–Trinajstić information content (AvgIpc) is 3.16. The molecule has 2 bridgehead atoms. The molecule has 28 heavy (non-hydrogen) atoms. The van der Waals surface area contributed by atoms with Crippen molar-refractivity contribution in [3.8, 4) is 0 Å². The number of carbonyl (C=O) groups excluding carboxylic acids is 1. The Labute approximate surface area is 167 Å². The van der Waals surface area contributed by atoms with Crippen molar-refractivity contribution in [3.63, 3.8) is 0 Å². The number of carbonyl (C=O) groups is 1. The number of aromatic nitrogens is 3. The molecule has 3 aliphatic heterocycles. The highest BCUT2D eigenvalue weighted by Crippen LogP contribution is 2.28. The summed E-state index contributed by atoms with van der Waals surface area (Å²) in [5.74, 6) is 0.855. The SMILES string of the molecule is CC(C)(C)c1cn(C[C@H]2C[C@@H]3CC[NH+]2C[C@@H]3C(=O)NCc2ccccc2)nn1. The van der Waals surface area contributed by atoms with Crippen LogP contribution in [0.5, 0.6) is 0 Å². The van der Waals surface area contributed by atoms with Gasteiger partial charge in [0.1, 0.15) is 6.04 Å². The minimum absolute atomic E-state index is 0.0267. The molecule has 3 aliphatic rings. The minimum Gasteiger partial charge on any atom is -0.352 e. The first-order chi connectivity index (χ1) is 13.4. The third kappa shape index (κ3) is 4.12. The molecule has 1 unspecified atom stereocenters. The Morgan fingerprint density at radius 1 is 1.29 bits per heavy atom. The maximum atomic E-state index is 12.8. The summed E-state index contributed by atoms with van der Waals surface area (Å²) in [7, 11) is 0. The summed E-state index contributed by atoms with van der Waals surface area (Å²) < 4.78 is 2.00. The lowest BCUT2D eigenvalue weighted by atomic mass is 9.75. The van der Waals surface area contributed by atoms with Crippen LogP contribution in [-0.4, -0.2) is 40.0 Å². The Balaban J connectivity index is 1.34. The smallest absolute Gasteiger partial charge is 0.229 e. The van der Waals surface area contributed by atoms with E-state index in [2.05, 4.69) is 54.7 Å². The van der Waals surface area contributed by atoms with Crippen LogP contribution in [0.2, 0.25) is 0 Å². The Bertz CT molecular complexity index is 810. The summed E-state index contributed by atoms with van der Waals surface area (Å²) >= 11 is 0. The summed E-state index contributed by atoms with van der Waals surface area (Å²) in [5, 5.41) is 11.9. The Hall–Kier alpha value is -2.21. The van der Waals surface area contributed by atoms with Crippen LogP contribution in [-0.2, 0) is 23.3 Å². The lowest BCUT2D eigenvalue weighted by molar-refractivity contribution is -0.945. The van der Waals surface area contributed by atoms with Gasteiger partial charge in [-0.2, -0.15) is 0 Å². The quantitative estimate of drug-likeness (QED) is 0.816. The molecule has 1 aromatic heterocycles. The van der Waals surface area contributed by atoms with Crippen molar-refractivity contribution in [2.45, 2.75) is 58.2 Å². The number of nitrogens with one attached hydrogen (secondary N) is 2. The van der Waals surface area contributed by atoms with Crippen molar-refractivity contribution in [1.29, 1.82) is 0 Å². The molecule has 0 saturated carbocycles. The van der Waals surface area contributed by atoms with Crippen LogP contribution in [0.4, 0.5) is 0 Å². The minimum atomic E-state index is 0.0267. The molecule has 2 N–H and O–H groups in total. The van der Waals surface area contributed by atoms with E-state index in [4.69, 9.17) is 0 Å². The van der Waals surface area contributed by atoms with Crippen molar-refractivity contribution in [2.24, 2.45) is 11.8 Å². The van der Waals surface area contributed by atoms with E-state index in [1.807, 2.05) is 22.9 Å². The number of nitrogens with zero attached hydrogens (tertiary/aromatic N) is 3. The molecule has 0 spiro atoms. The molecule has 1 amide bonds. The topological polar surface area (TPSA) is 64.2 Å². The van der Waals surface area contributed by atoms with Gasteiger partial charge in [0.15, 0.2) is 0 Å². The van der Waals surface area contributed by atoms with Crippen molar-refractivity contribution in [1.82, 2.24) is 20.3 Å². The van der Waals surface area contributed by atoms with Gasteiger partial charge in [-0.3, -0.25) is 4.79 Å². The lowest BCUT2D eigenvalue weighted by Gasteiger charge is -2.46. The maximum absolute atomic E-state index is 12.8. The van der Waals surface area contributed by atoms with Crippen LogP contribution in [0.1, 0.15) is 44.9 Å². The number of hydrogen-bond donors (Lipinski definition) is 2. The van der Waals surface area contributed by atoms with Crippen molar-refractivity contribution < 1.29 is 9.69 Å². The van der Waals surface area contributed by atoms with E-state index < -0.39 is 0 Å². The van der Waals surface area contributed by atoms with Gasteiger partial charge in [-0.25, -0.2) is 4.68 Å². The molecule has 4 heterocycles. The zero-order chi connectivity index (χ0) is 19.7. The largest absolute Gasteiger partial charge is 0.352 e. The molecule has 3 saturated heterocycles. The average molecular weight is 383 g/mol. The second kappa shape index (κ2) is 7.66. The molecular weight excluding hydrogens is 350 g/mol. The molecule has 150 valence electrons. The standard InChI is InChI=1S/C22H31N5O/c1-22(2,3)20-15-27(25-24-20)13-18-11-17-9-10-26(18)14-19(17)21(28)23-12-16-7-5-4-6-8-16/h4-8,15,17-19H,9-14H2,1-3H3,(H,23,28)/p+1/t17-,18+,19-/m0/s1.